The Balaban J connectivity index is 1.89. The van der Waals surface area contributed by atoms with Crippen LogP contribution in [0.5, 0.6) is 11.5 Å². The Hall–Kier alpha value is -2.38. The molecular formula is C23H28ClNO5S. The number of oxime groups is 1. The highest BCUT2D eigenvalue weighted by atomic mass is 35.5. The fourth-order valence-electron chi connectivity index (χ4n) is 3.14. The molecule has 2 rings (SSSR count). The Morgan fingerprint density at radius 1 is 1.26 bits per heavy atom. The molecule has 168 valence electrons. The minimum absolute atomic E-state index is 0.0424. The molecule has 6 nitrogen and oxygen atoms in total. The predicted octanol–water partition coefficient (Wildman–Crippen LogP) is 5.58. The Labute approximate surface area is 191 Å². The van der Waals surface area contributed by atoms with E-state index in [0.717, 1.165) is 41.0 Å². The molecule has 2 aromatic carbocycles. The van der Waals surface area contributed by atoms with Crippen molar-refractivity contribution < 1.29 is 25.0 Å². The van der Waals surface area contributed by atoms with Crippen LogP contribution >= 0.6 is 23.4 Å². The summed E-state index contributed by atoms with van der Waals surface area (Å²) in [6, 6.07) is 9.07. The SMILES string of the molecule is CCCc1c(OCCCSc2ccc(CC(=O)O)cc2Cl)ccc(CCC=NO)c1O. The van der Waals surface area contributed by atoms with Gasteiger partial charge >= 0.3 is 5.97 Å². The third-order valence-corrected chi connectivity index (χ3v) is 6.19. The standard InChI is InChI=1S/C23H28ClNO5S/c1-2-5-18-20(9-8-17(23(18)28)6-3-11-25-29)30-12-4-13-31-21-10-7-16(14-19(21)24)15-22(26)27/h7-11,14,28-29H,2-6,12-13,15H2,1H3,(H,26,27). The van der Waals surface area contributed by atoms with Crippen LogP contribution in [0, 0.1) is 0 Å². The maximum Gasteiger partial charge on any atom is 0.307 e. The van der Waals surface area contributed by atoms with Crippen LogP contribution in [-0.4, -0.2) is 40.0 Å². The molecule has 8 heteroatoms. The van der Waals surface area contributed by atoms with Crippen LogP contribution in [-0.2, 0) is 24.1 Å². The first-order valence-electron chi connectivity index (χ1n) is 10.2. The van der Waals surface area contributed by atoms with Crippen LogP contribution in [0.3, 0.4) is 0 Å². The molecular weight excluding hydrogens is 438 g/mol. The third kappa shape index (κ3) is 7.99. The largest absolute Gasteiger partial charge is 0.507 e. The maximum absolute atomic E-state index is 10.8. The van der Waals surface area contributed by atoms with E-state index in [9.17, 15) is 9.90 Å². The summed E-state index contributed by atoms with van der Waals surface area (Å²) in [5, 5.41) is 31.6. The number of hydrogen-bond acceptors (Lipinski definition) is 6. The highest BCUT2D eigenvalue weighted by molar-refractivity contribution is 7.99. The van der Waals surface area contributed by atoms with E-state index in [4.69, 9.17) is 26.7 Å². The van der Waals surface area contributed by atoms with E-state index in [1.54, 1.807) is 23.9 Å². The number of rotatable bonds is 13. The van der Waals surface area contributed by atoms with Crippen molar-refractivity contribution in [3.8, 4) is 11.5 Å². The van der Waals surface area contributed by atoms with Gasteiger partial charge < -0.3 is 20.2 Å². The summed E-state index contributed by atoms with van der Waals surface area (Å²) in [7, 11) is 0. The fourth-order valence-corrected chi connectivity index (χ4v) is 4.35. The number of carboxylic acid groups (broad SMARTS) is 1. The van der Waals surface area contributed by atoms with E-state index in [-0.39, 0.29) is 12.2 Å². The number of benzene rings is 2. The monoisotopic (exact) mass is 465 g/mol. The molecule has 0 aliphatic carbocycles. The number of thioether (sulfide) groups is 1. The Bertz CT molecular complexity index is 904. The van der Waals surface area contributed by atoms with Gasteiger partial charge in [0.25, 0.3) is 0 Å². The number of aromatic hydroxyl groups is 1. The lowest BCUT2D eigenvalue weighted by Crippen LogP contribution is -2.03. The Morgan fingerprint density at radius 3 is 2.74 bits per heavy atom. The number of carboxylic acids is 1. The number of phenolic OH excluding ortho intramolecular Hbond substituents is 1. The molecule has 0 saturated heterocycles. The minimum Gasteiger partial charge on any atom is -0.507 e. The van der Waals surface area contributed by atoms with Crippen molar-refractivity contribution in [3.05, 3.63) is 52.0 Å². The van der Waals surface area contributed by atoms with Crippen molar-refractivity contribution in [3.63, 3.8) is 0 Å². The quantitative estimate of drug-likeness (QED) is 0.117. The van der Waals surface area contributed by atoms with Gasteiger partial charge in [0.05, 0.1) is 18.1 Å². The molecule has 0 fully saturated rings. The number of ether oxygens (including phenoxy) is 1. The van der Waals surface area contributed by atoms with Crippen molar-refractivity contribution in [2.24, 2.45) is 5.16 Å². The number of nitrogens with zero attached hydrogens (tertiary/aromatic N) is 1. The van der Waals surface area contributed by atoms with E-state index in [0.29, 0.717) is 35.8 Å². The lowest BCUT2D eigenvalue weighted by Gasteiger charge is -2.15. The number of halogens is 1. The highest BCUT2D eigenvalue weighted by Gasteiger charge is 2.13. The summed E-state index contributed by atoms with van der Waals surface area (Å²) in [4.78, 5) is 11.7. The Morgan fingerprint density at radius 2 is 2.06 bits per heavy atom. The summed E-state index contributed by atoms with van der Waals surface area (Å²) in [5.41, 5.74) is 2.30. The van der Waals surface area contributed by atoms with Crippen LogP contribution in [0.25, 0.3) is 0 Å². The number of aryl methyl sites for hydroxylation is 1. The van der Waals surface area contributed by atoms with Gasteiger partial charge in [-0.1, -0.05) is 37.1 Å². The van der Waals surface area contributed by atoms with Crippen molar-refractivity contribution in [2.75, 3.05) is 12.4 Å². The normalized spacial score (nSPS) is 11.2. The van der Waals surface area contributed by atoms with Gasteiger partial charge in [-0.15, -0.1) is 16.9 Å². The molecule has 0 aromatic heterocycles. The molecule has 0 saturated carbocycles. The summed E-state index contributed by atoms with van der Waals surface area (Å²) in [6.45, 7) is 2.56. The molecule has 0 heterocycles. The number of aliphatic carboxylic acids is 1. The summed E-state index contributed by atoms with van der Waals surface area (Å²) < 4.78 is 5.94. The van der Waals surface area contributed by atoms with Crippen LogP contribution in [0.15, 0.2) is 40.4 Å². The maximum atomic E-state index is 10.8. The zero-order valence-electron chi connectivity index (χ0n) is 17.5. The average Bonchev–Trinajstić information content (AvgIpc) is 2.72. The Kier molecular flexibility index (Phi) is 10.5. The summed E-state index contributed by atoms with van der Waals surface area (Å²) in [6.07, 6.45) is 4.90. The zero-order valence-corrected chi connectivity index (χ0v) is 19.1. The molecule has 0 aliphatic heterocycles. The number of phenols is 1. The second-order valence-corrected chi connectivity index (χ2v) is 8.57. The fraction of sp³-hybridized carbons (Fsp3) is 0.391. The first-order valence-corrected chi connectivity index (χ1v) is 11.6. The topological polar surface area (TPSA) is 99.4 Å². The van der Waals surface area contributed by atoms with Crippen LogP contribution < -0.4 is 4.74 Å². The molecule has 0 radical (unpaired) electrons. The van der Waals surface area contributed by atoms with Crippen molar-refractivity contribution in [2.45, 2.75) is 50.3 Å². The van der Waals surface area contributed by atoms with E-state index in [1.165, 1.54) is 6.21 Å². The molecule has 2 aromatic rings. The molecule has 0 atom stereocenters. The van der Waals surface area contributed by atoms with Gasteiger partial charge in [-0.05, 0) is 55.0 Å². The number of carbonyl (C=O) groups is 1. The van der Waals surface area contributed by atoms with Crippen LogP contribution in [0.1, 0.15) is 42.9 Å². The third-order valence-electron chi connectivity index (χ3n) is 4.60. The second kappa shape index (κ2) is 13.1. The van der Waals surface area contributed by atoms with E-state index in [1.807, 2.05) is 18.2 Å². The molecule has 0 spiro atoms. The smallest absolute Gasteiger partial charge is 0.307 e. The molecule has 31 heavy (non-hydrogen) atoms. The average molecular weight is 466 g/mol. The predicted molar refractivity (Wildman–Crippen MR) is 124 cm³/mol. The van der Waals surface area contributed by atoms with Gasteiger partial charge in [-0.25, -0.2) is 0 Å². The van der Waals surface area contributed by atoms with Crippen molar-refractivity contribution in [1.82, 2.24) is 0 Å². The van der Waals surface area contributed by atoms with Crippen molar-refractivity contribution in [1.29, 1.82) is 0 Å². The summed E-state index contributed by atoms with van der Waals surface area (Å²) in [5.74, 6) is 0.869. The highest BCUT2D eigenvalue weighted by Crippen LogP contribution is 2.34. The first kappa shape index (κ1) is 24.9. The van der Waals surface area contributed by atoms with Gasteiger partial charge in [0.2, 0.25) is 0 Å². The van der Waals surface area contributed by atoms with Crippen LogP contribution in [0.2, 0.25) is 5.02 Å². The van der Waals surface area contributed by atoms with Gasteiger partial charge in [0.1, 0.15) is 11.5 Å². The molecule has 3 N–H and O–H groups in total. The van der Waals surface area contributed by atoms with Gasteiger partial charge in [-0.2, -0.15) is 0 Å². The molecule has 0 bridgehead atoms. The van der Waals surface area contributed by atoms with E-state index < -0.39 is 5.97 Å². The minimum atomic E-state index is -0.880. The zero-order chi connectivity index (χ0) is 22.6. The summed E-state index contributed by atoms with van der Waals surface area (Å²) >= 11 is 7.86. The molecule has 0 amide bonds. The lowest BCUT2D eigenvalue weighted by molar-refractivity contribution is -0.136. The van der Waals surface area contributed by atoms with E-state index >= 15 is 0 Å². The van der Waals surface area contributed by atoms with Gasteiger partial charge in [0.15, 0.2) is 0 Å². The van der Waals surface area contributed by atoms with Gasteiger partial charge in [0, 0.05) is 22.4 Å². The molecule has 0 aliphatic rings. The van der Waals surface area contributed by atoms with Gasteiger partial charge in [-0.3, -0.25) is 4.79 Å². The first-order chi connectivity index (χ1) is 15.0. The molecule has 0 unspecified atom stereocenters. The van der Waals surface area contributed by atoms with E-state index in [2.05, 4.69) is 12.1 Å². The van der Waals surface area contributed by atoms with Crippen molar-refractivity contribution >= 4 is 35.5 Å². The number of hydrogen-bond donors (Lipinski definition) is 3. The second-order valence-electron chi connectivity index (χ2n) is 7.02. The lowest BCUT2D eigenvalue weighted by atomic mass is 10.0. The van der Waals surface area contributed by atoms with Crippen LogP contribution in [0.4, 0.5) is 0 Å².